The highest BCUT2D eigenvalue weighted by Gasteiger charge is 2.39. The van der Waals surface area contributed by atoms with Crippen LogP contribution in [0, 0.1) is 0 Å². The zero-order valence-electron chi connectivity index (χ0n) is 15.2. The molecule has 27 heavy (non-hydrogen) atoms. The standard InChI is InChI=1S/C22H25F3N2/c23-22(24,25)17-3-1-2-16(12-17)14-4-6-15(7-5-14)20-13-21(20)27-19-10-8-18(26)9-11-19/h1-7,12,18-21,27H,8-11,13,26H2/t18?,19?,20-,21+/m0/s1. The minimum atomic E-state index is -4.31. The smallest absolute Gasteiger partial charge is 0.328 e. The van der Waals surface area contributed by atoms with Crippen molar-refractivity contribution in [1.29, 1.82) is 0 Å². The van der Waals surface area contributed by atoms with Crippen LogP contribution in [0.4, 0.5) is 13.2 Å². The first-order valence-corrected chi connectivity index (χ1v) is 9.69. The number of nitrogens with two attached hydrogens (primary N) is 1. The van der Waals surface area contributed by atoms with Gasteiger partial charge in [-0.3, -0.25) is 0 Å². The molecule has 5 heteroatoms. The fourth-order valence-electron chi connectivity index (χ4n) is 4.13. The van der Waals surface area contributed by atoms with Gasteiger partial charge >= 0.3 is 6.18 Å². The predicted octanol–water partition coefficient (Wildman–Crippen LogP) is 5.09. The van der Waals surface area contributed by atoms with Gasteiger partial charge in [-0.15, -0.1) is 0 Å². The average Bonchev–Trinajstić information content (AvgIpc) is 3.42. The Hall–Kier alpha value is -1.85. The highest BCUT2D eigenvalue weighted by Crippen LogP contribution is 2.42. The van der Waals surface area contributed by atoms with E-state index in [-0.39, 0.29) is 0 Å². The maximum atomic E-state index is 12.9. The third kappa shape index (κ3) is 4.36. The lowest BCUT2D eigenvalue weighted by Gasteiger charge is -2.27. The van der Waals surface area contributed by atoms with E-state index in [9.17, 15) is 13.2 Å². The van der Waals surface area contributed by atoms with E-state index in [1.54, 1.807) is 6.07 Å². The van der Waals surface area contributed by atoms with Crippen LogP contribution in [0.2, 0.25) is 0 Å². The zero-order chi connectivity index (χ0) is 19.0. The first kappa shape index (κ1) is 18.5. The summed E-state index contributed by atoms with van der Waals surface area (Å²) < 4.78 is 38.7. The van der Waals surface area contributed by atoms with Crippen molar-refractivity contribution < 1.29 is 13.2 Å². The van der Waals surface area contributed by atoms with Crippen LogP contribution in [-0.4, -0.2) is 18.1 Å². The Labute approximate surface area is 158 Å². The van der Waals surface area contributed by atoms with Gasteiger partial charge in [0.15, 0.2) is 0 Å². The summed E-state index contributed by atoms with van der Waals surface area (Å²) in [7, 11) is 0. The number of halogens is 3. The maximum Gasteiger partial charge on any atom is 0.416 e. The Morgan fingerprint density at radius 1 is 0.889 bits per heavy atom. The topological polar surface area (TPSA) is 38.0 Å². The molecule has 0 bridgehead atoms. The monoisotopic (exact) mass is 374 g/mol. The molecule has 144 valence electrons. The molecule has 0 radical (unpaired) electrons. The lowest BCUT2D eigenvalue weighted by atomic mass is 9.92. The Morgan fingerprint density at radius 2 is 1.59 bits per heavy atom. The van der Waals surface area contributed by atoms with Crippen LogP contribution in [0.1, 0.15) is 49.1 Å². The van der Waals surface area contributed by atoms with Crippen molar-refractivity contribution in [1.82, 2.24) is 5.32 Å². The van der Waals surface area contributed by atoms with Crippen molar-refractivity contribution in [3.05, 3.63) is 59.7 Å². The fourth-order valence-corrected chi connectivity index (χ4v) is 4.13. The van der Waals surface area contributed by atoms with Gasteiger partial charge in [0.05, 0.1) is 5.56 Å². The van der Waals surface area contributed by atoms with Crippen molar-refractivity contribution in [2.24, 2.45) is 5.73 Å². The van der Waals surface area contributed by atoms with E-state index >= 15 is 0 Å². The van der Waals surface area contributed by atoms with E-state index in [2.05, 4.69) is 17.4 Å². The second-order valence-electron chi connectivity index (χ2n) is 7.93. The number of rotatable bonds is 4. The molecule has 0 amide bonds. The van der Waals surface area contributed by atoms with E-state index in [0.29, 0.717) is 29.6 Å². The quantitative estimate of drug-likeness (QED) is 0.782. The van der Waals surface area contributed by atoms with E-state index in [0.717, 1.165) is 43.7 Å². The fraction of sp³-hybridized carbons (Fsp3) is 0.455. The lowest BCUT2D eigenvalue weighted by molar-refractivity contribution is -0.137. The van der Waals surface area contributed by atoms with E-state index in [4.69, 9.17) is 5.73 Å². The van der Waals surface area contributed by atoms with Crippen LogP contribution < -0.4 is 11.1 Å². The van der Waals surface area contributed by atoms with Gasteiger partial charge in [-0.25, -0.2) is 0 Å². The molecule has 3 N–H and O–H groups in total. The molecule has 2 aromatic rings. The Balaban J connectivity index is 1.39. The van der Waals surface area contributed by atoms with Gasteiger partial charge in [-0.2, -0.15) is 13.2 Å². The molecule has 2 aromatic carbocycles. The second kappa shape index (κ2) is 7.28. The van der Waals surface area contributed by atoms with Gasteiger partial charge in [-0.1, -0.05) is 36.4 Å². The molecule has 2 aliphatic rings. The first-order chi connectivity index (χ1) is 12.9. The Kier molecular flexibility index (Phi) is 4.99. The molecular formula is C22H25F3N2. The third-order valence-electron chi connectivity index (χ3n) is 5.87. The van der Waals surface area contributed by atoms with Crippen LogP contribution in [0.25, 0.3) is 11.1 Å². The average molecular weight is 374 g/mol. The molecule has 2 saturated carbocycles. The SMILES string of the molecule is NC1CCC(N[C@@H]2C[C@H]2c2ccc(-c3cccc(C(F)(F)F)c3)cc2)CC1. The molecule has 0 aliphatic heterocycles. The minimum absolute atomic E-state index is 0.362. The molecule has 2 atom stereocenters. The van der Waals surface area contributed by atoms with Crippen LogP contribution in [-0.2, 0) is 6.18 Å². The van der Waals surface area contributed by atoms with Crippen LogP contribution in [0.3, 0.4) is 0 Å². The van der Waals surface area contributed by atoms with Gasteiger partial charge < -0.3 is 11.1 Å². The summed E-state index contributed by atoms with van der Waals surface area (Å²) in [5.74, 6) is 0.510. The molecule has 2 fully saturated rings. The van der Waals surface area contributed by atoms with Gasteiger partial charge in [-0.05, 0) is 60.9 Å². The third-order valence-corrected chi connectivity index (χ3v) is 5.87. The molecular weight excluding hydrogens is 349 g/mol. The van der Waals surface area contributed by atoms with Gasteiger partial charge in [0.25, 0.3) is 0 Å². The number of alkyl halides is 3. The molecule has 4 rings (SSSR count). The van der Waals surface area contributed by atoms with E-state index in [1.165, 1.54) is 17.7 Å². The molecule has 2 aliphatic carbocycles. The number of benzene rings is 2. The molecule has 0 spiro atoms. The molecule has 0 unspecified atom stereocenters. The Bertz CT molecular complexity index is 777. The highest BCUT2D eigenvalue weighted by molar-refractivity contribution is 5.65. The number of nitrogens with one attached hydrogen (secondary N) is 1. The summed E-state index contributed by atoms with van der Waals surface area (Å²) in [6.07, 6.45) is 1.32. The highest BCUT2D eigenvalue weighted by atomic mass is 19.4. The first-order valence-electron chi connectivity index (χ1n) is 9.69. The van der Waals surface area contributed by atoms with Gasteiger partial charge in [0.1, 0.15) is 0 Å². The number of hydrogen-bond acceptors (Lipinski definition) is 2. The normalized spacial score (nSPS) is 28.1. The van der Waals surface area contributed by atoms with Gasteiger partial charge in [0.2, 0.25) is 0 Å². The van der Waals surface area contributed by atoms with E-state index in [1.807, 2.05) is 12.1 Å². The zero-order valence-corrected chi connectivity index (χ0v) is 15.2. The summed E-state index contributed by atoms with van der Waals surface area (Å²) >= 11 is 0. The van der Waals surface area contributed by atoms with Crippen LogP contribution in [0.5, 0.6) is 0 Å². The summed E-state index contributed by atoms with van der Waals surface area (Å²) in [5.41, 5.74) is 8.03. The van der Waals surface area contributed by atoms with Crippen LogP contribution in [0.15, 0.2) is 48.5 Å². The molecule has 2 nitrogen and oxygen atoms in total. The predicted molar refractivity (Wildman–Crippen MR) is 101 cm³/mol. The largest absolute Gasteiger partial charge is 0.416 e. The number of hydrogen-bond donors (Lipinski definition) is 2. The Morgan fingerprint density at radius 3 is 2.26 bits per heavy atom. The summed E-state index contributed by atoms with van der Waals surface area (Å²) in [6.45, 7) is 0. The molecule has 0 aromatic heterocycles. The summed E-state index contributed by atoms with van der Waals surface area (Å²) in [4.78, 5) is 0. The maximum absolute atomic E-state index is 12.9. The van der Waals surface area contributed by atoms with Gasteiger partial charge in [0, 0.05) is 24.0 Å². The van der Waals surface area contributed by atoms with Crippen molar-refractivity contribution in [3.8, 4) is 11.1 Å². The van der Waals surface area contributed by atoms with Crippen molar-refractivity contribution in [3.63, 3.8) is 0 Å². The van der Waals surface area contributed by atoms with Crippen molar-refractivity contribution in [2.75, 3.05) is 0 Å². The summed E-state index contributed by atoms with van der Waals surface area (Å²) in [6, 6.07) is 14.9. The summed E-state index contributed by atoms with van der Waals surface area (Å²) in [5, 5.41) is 3.75. The lowest BCUT2D eigenvalue weighted by Crippen LogP contribution is -2.38. The van der Waals surface area contributed by atoms with Crippen molar-refractivity contribution >= 4 is 0 Å². The molecule has 0 heterocycles. The molecule has 0 saturated heterocycles. The minimum Gasteiger partial charge on any atom is -0.328 e. The second-order valence-corrected chi connectivity index (χ2v) is 7.93. The van der Waals surface area contributed by atoms with Crippen LogP contribution >= 0.6 is 0 Å². The van der Waals surface area contributed by atoms with E-state index < -0.39 is 11.7 Å². The van der Waals surface area contributed by atoms with Crippen molar-refractivity contribution in [2.45, 2.75) is 62.3 Å².